The van der Waals surface area contributed by atoms with Crippen LogP contribution in [0.5, 0.6) is 0 Å². The molecule has 1 nitrogen and oxygen atoms in total. The highest BCUT2D eigenvalue weighted by Crippen LogP contribution is 2.25. The minimum absolute atomic E-state index is 0.981. The number of furan rings is 1. The van der Waals surface area contributed by atoms with Crippen LogP contribution >= 0.6 is 15.9 Å². The zero-order valence-electron chi connectivity index (χ0n) is 8.43. The highest BCUT2D eigenvalue weighted by Gasteiger charge is 2.06. The van der Waals surface area contributed by atoms with Crippen molar-refractivity contribution < 1.29 is 4.42 Å². The van der Waals surface area contributed by atoms with Gasteiger partial charge in [0.2, 0.25) is 0 Å². The zero-order chi connectivity index (χ0) is 10.1. The number of fused-ring (bicyclic) bond motifs is 1. The van der Waals surface area contributed by atoms with Gasteiger partial charge in [-0.2, -0.15) is 0 Å². The van der Waals surface area contributed by atoms with E-state index in [1.807, 2.05) is 6.26 Å². The van der Waals surface area contributed by atoms with Crippen LogP contribution < -0.4 is 0 Å². The first kappa shape index (κ1) is 9.78. The van der Waals surface area contributed by atoms with Gasteiger partial charge < -0.3 is 4.42 Å². The molecular formula is C12H13BrO. The molecule has 2 aromatic rings. The highest BCUT2D eigenvalue weighted by atomic mass is 79.9. The van der Waals surface area contributed by atoms with Crippen LogP contribution in [0.15, 0.2) is 22.8 Å². The van der Waals surface area contributed by atoms with E-state index in [1.165, 1.54) is 22.1 Å². The first-order chi connectivity index (χ1) is 6.72. The third kappa shape index (κ3) is 1.59. The van der Waals surface area contributed by atoms with Gasteiger partial charge in [-0.05, 0) is 49.1 Å². The molecule has 0 bridgehead atoms. The van der Waals surface area contributed by atoms with Crippen LogP contribution in [0.25, 0.3) is 11.0 Å². The van der Waals surface area contributed by atoms with E-state index >= 15 is 0 Å². The molecule has 0 amide bonds. The number of benzene rings is 1. The van der Waals surface area contributed by atoms with Gasteiger partial charge in [0, 0.05) is 10.7 Å². The first-order valence-electron chi connectivity index (χ1n) is 4.75. The second-order valence-electron chi connectivity index (χ2n) is 3.63. The number of halogens is 1. The molecular weight excluding hydrogens is 240 g/mol. The Morgan fingerprint density at radius 3 is 2.64 bits per heavy atom. The van der Waals surface area contributed by atoms with Crippen LogP contribution in [0.1, 0.15) is 16.7 Å². The van der Waals surface area contributed by atoms with E-state index in [0.717, 1.165) is 17.3 Å². The molecule has 0 saturated carbocycles. The maximum Gasteiger partial charge on any atom is 0.134 e. The van der Waals surface area contributed by atoms with Crippen molar-refractivity contribution in [2.45, 2.75) is 20.3 Å². The Balaban J connectivity index is 2.61. The van der Waals surface area contributed by atoms with Crippen LogP contribution in [0.4, 0.5) is 0 Å². The maximum atomic E-state index is 5.52. The molecule has 14 heavy (non-hydrogen) atoms. The molecule has 1 aromatic carbocycles. The third-order valence-electron chi connectivity index (χ3n) is 2.63. The number of alkyl halides is 1. The summed E-state index contributed by atoms with van der Waals surface area (Å²) in [5.41, 5.74) is 4.91. The normalized spacial score (nSPS) is 11.1. The number of aryl methyl sites for hydroxylation is 3. The highest BCUT2D eigenvalue weighted by molar-refractivity contribution is 9.09. The Morgan fingerprint density at radius 1 is 1.21 bits per heavy atom. The number of rotatable bonds is 2. The average Bonchev–Trinajstić information content (AvgIpc) is 2.51. The van der Waals surface area contributed by atoms with Gasteiger partial charge in [-0.3, -0.25) is 0 Å². The summed E-state index contributed by atoms with van der Waals surface area (Å²) in [6, 6.07) is 4.33. The average molecular weight is 253 g/mol. The maximum absolute atomic E-state index is 5.52. The summed E-state index contributed by atoms with van der Waals surface area (Å²) in [7, 11) is 0. The van der Waals surface area contributed by atoms with Gasteiger partial charge in [-0.15, -0.1) is 0 Å². The lowest BCUT2D eigenvalue weighted by Gasteiger charge is -1.99. The van der Waals surface area contributed by atoms with Crippen LogP contribution in [0.3, 0.4) is 0 Å². The summed E-state index contributed by atoms with van der Waals surface area (Å²) < 4.78 is 5.52. The largest absolute Gasteiger partial charge is 0.464 e. The fraction of sp³-hybridized carbons (Fsp3) is 0.333. The minimum atomic E-state index is 0.981. The summed E-state index contributed by atoms with van der Waals surface area (Å²) in [6.07, 6.45) is 2.89. The first-order valence-corrected chi connectivity index (χ1v) is 5.88. The van der Waals surface area contributed by atoms with Gasteiger partial charge in [-0.1, -0.05) is 15.9 Å². The van der Waals surface area contributed by atoms with Gasteiger partial charge in [0.15, 0.2) is 0 Å². The Bertz CT molecular complexity index is 457. The number of hydrogen-bond acceptors (Lipinski definition) is 1. The van der Waals surface area contributed by atoms with E-state index in [4.69, 9.17) is 4.42 Å². The molecule has 0 aliphatic heterocycles. The van der Waals surface area contributed by atoms with Crippen molar-refractivity contribution in [3.63, 3.8) is 0 Å². The third-order valence-corrected chi connectivity index (χ3v) is 3.03. The predicted octanol–water partition coefficient (Wildman–Crippen LogP) is 3.99. The van der Waals surface area contributed by atoms with Crippen LogP contribution in [-0.4, -0.2) is 5.33 Å². The number of hydrogen-bond donors (Lipinski definition) is 0. The monoisotopic (exact) mass is 252 g/mol. The fourth-order valence-corrected chi connectivity index (χ4v) is 2.06. The lowest BCUT2D eigenvalue weighted by atomic mass is 10.0. The van der Waals surface area contributed by atoms with Crippen molar-refractivity contribution in [2.24, 2.45) is 0 Å². The molecule has 2 heteroatoms. The molecule has 0 unspecified atom stereocenters. The lowest BCUT2D eigenvalue weighted by molar-refractivity contribution is 0.611. The summed E-state index contributed by atoms with van der Waals surface area (Å²) in [4.78, 5) is 0. The van der Waals surface area contributed by atoms with E-state index in [2.05, 4.69) is 41.9 Å². The summed E-state index contributed by atoms with van der Waals surface area (Å²) in [5, 5.41) is 2.24. The summed E-state index contributed by atoms with van der Waals surface area (Å²) >= 11 is 3.45. The van der Waals surface area contributed by atoms with E-state index < -0.39 is 0 Å². The smallest absolute Gasteiger partial charge is 0.134 e. The second kappa shape index (κ2) is 3.77. The topological polar surface area (TPSA) is 13.1 Å². The van der Waals surface area contributed by atoms with Crippen molar-refractivity contribution >= 4 is 26.9 Å². The summed E-state index contributed by atoms with van der Waals surface area (Å²) in [5.74, 6) is 0. The Labute approximate surface area is 92.2 Å². The van der Waals surface area contributed by atoms with Crippen molar-refractivity contribution in [2.75, 3.05) is 5.33 Å². The van der Waals surface area contributed by atoms with Crippen molar-refractivity contribution in [3.05, 3.63) is 35.1 Å². The standard InChI is InChI=1S/C12H13BrO/c1-8-5-11-10(3-4-13)7-14-12(11)6-9(8)2/h5-7H,3-4H2,1-2H3. The molecule has 0 aliphatic carbocycles. The van der Waals surface area contributed by atoms with E-state index in [0.29, 0.717) is 0 Å². The predicted molar refractivity (Wildman–Crippen MR) is 63.2 cm³/mol. The van der Waals surface area contributed by atoms with Crippen LogP contribution in [0.2, 0.25) is 0 Å². The minimum Gasteiger partial charge on any atom is -0.464 e. The van der Waals surface area contributed by atoms with Crippen molar-refractivity contribution in [1.82, 2.24) is 0 Å². The molecule has 0 N–H and O–H groups in total. The molecule has 0 saturated heterocycles. The Hall–Kier alpha value is -0.760. The second-order valence-corrected chi connectivity index (χ2v) is 4.43. The molecule has 0 fully saturated rings. The van der Waals surface area contributed by atoms with Crippen LogP contribution in [-0.2, 0) is 6.42 Å². The summed E-state index contributed by atoms with van der Waals surface area (Å²) in [6.45, 7) is 4.25. The molecule has 0 radical (unpaired) electrons. The zero-order valence-corrected chi connectivity index (χ0v) is 10.0. The van der Waals surface area contributed by atoms with Gasteiger partial charge >= 0.3 is 0 Å². The van der Waals surface area contributed by atoms with E-state index in [9.17, 15) is 0 Å². The molecule has 74 valence electrons. The molecule has 2 rings (SSSR count). The van der Waals surface area contributed by atoms with E-state index in [1.54, 1.807) is 0 Å². The Kier molecular flexibility index (Phi) is 2.64. The van der Waals surface area contributed by atoms with Crippen molar-refractivity contribution in [1.29, 1.82) is 0 Å². The fourth-order valence-electron chi connectivity index (χ4n) is 1.63. The van der Waals surface area contributed by atoms with Crippen LogP contribution in [0, 0.1) is 13.8 Å². The van der Waals surface area contributed by atoms with Gasteiger partial charge in [0.25, 0.3) is 0 Å². The lowest BCUT2D eigenvalue weighted by Crippen LogP contribution is -1.84. The Morgan fingerprint density at radius 2 is 1.93 bits per heavy atom. The molecule has 1 aromatic heterocycles. The molecule has 0 aliphatic rings. The van der Waals surface area contributed by atoms with Gasteiger partial charge in [-0.25, -0.2) is 0 Å². The van der Waals surface area contributed by atoms with Gasteiger partial charge in [0.1, 0.15) is 5.58 Å². The molecule has 0 atom stereocenters. The van der Waals surface area contributed by atoms with E-state index in [-0.39, 0.29) is 0 Å². The molecule has 1 heterocycles. The van der Waals surface area contributed by atoms with Crippen molar-refractivity contribution in [3.8, 4) is 0 Å². The quantitative estimate of drug-likeness (QED) is 0.737. The van der Waals surface area contributed by atoms with Gasteiger partial charge in [0.05, 0.1) is 6.26 Å². The SMILES string of the molecule is Cc1cc2occ(CCBr)c2cc1C. The molecule has 0 spiro atoms.